The maximum absolute atomic E-state index is 14.6. The van der Waals surface area contributed by atoms with Crippen LogP contribution >= 0.6 is 0 Å². The number of guanidine groups is 1. The fraction of sp³-hybridized carbons (Fsp3) is 0.515. The van der Waals surface area contributed by atoms with Gasteiger partial charge in [-0.2, -0.15) is 8.42 Å². The zero-order valence-corrected chi connectivity index (χ0v) is 28.5. The number of nitrogens with zero attached hydrogens (tertiary/aromatic N) is 2. The van der Waals surface area contributed by atoms with Crippen molar-refractivity contribution < 1.29 is 52.0 Å². The molecule has 3 aliphatic rings. The van der Waals surface area contributed by atoms with Gasteiger partial charge in [0.1, 0.15) is 35.9 Å². The second kappa shape index (κ2) is 15.8. The maximum atomic E-state index is 14.6. The Morgan fingerprint density at radius 3 is 2.27 bits per heavy atom. The summed E-state index contributed by atoms with van der Waals surface area (Å²) < 4.78 is 35.2. The minimum atomic E-state index is -4.75. The van der Waals surface area contributed by atoms with Crippen LogP contribution in [-0.4, -0.2) is 116 Å². The minimum absolute atomic E-state index is 0.0161. The van der Waals surface area contributed by atoms with Crippen LogP contribution < -0.4 is 20.6 Å². The topological polar surface area (TPSA) is 276 Å². The summed E-state index contributed by atoms with van der Waals surface area (Å²) in [7, 11) is -4.75. The van der Waals surface area contributed by atoms with Crippen molar-refractivity contribution >= 4 is 34.1 Å². The number of carbonyl (C=O) groups is 3. The predicted molar refractivity (Wildman–Crippen MR) is 180 cm³/mol. The molecule has 0 bridgehead atoms. The van der Waals surface area contributed by atoms with Gasteiger partial charge in [0.05, 0.1) is 12.1 Å². The Hall–Kier alpha value is -4.49. The molecule has 2 heterocycles. The van der Waals surface area contributed by atoms with Gasteiger partial charge in [-0.1, -0.05) is 24.3 Å². The summed E-state index contributed by atoms with van der Waals surface area (Å²) in [5, 5.41) is 55.4. The number of likely N-dealkylation sites (tertiary alicyclic amines) is 2. The zero-order chi connectivity index (χ0) is 37.0. The average molecular weight is 733 g/mol. The van der Waals surface area contributed by atoms with Crippen LogP contribution in [0.4, 0.5) is 0 Å². The molecule has 3 amide bonds. The summed E-state index contributed by atoms with van der Waals surface area (Å²) in [5.41, 5.74) is 6.59. The molecule has 1 saturated carbocycles. The Balaban J connectivity index is 1.38. The SMILES string of the molecule is N=C(N)N1CCC[C@H](NC(=O)[C@@H]2C[C@@H]3CC[C@@H](O)C[C@@H]3N2C(=O)[C@@H](Cc2ccc(O)cc2)NC(=O)[C@H](O)Cc2ccc(OS(=O)(=O)O)cc2)[C@@H]1O. The van der Waals surface area contributed by atoms with Gasteiger partial charge in [0.15, 0.2) is 5.96 Å². The van der Waals surface area contributed by atoms with E-state index in [9.17, 15) is 43.2 Å². The first-order valence-corrected chi connectivity index (χ1v) is 18.1. The van der Waals surface area contributed by atoms with Crippen molar-refractivity contribution in [2.45, 2.75) is 94.0 Å². The molecular formula is C33H44N6O11S. The molecule has 0 radical (unpaired) electrons. The van der Waals surface area contributed by atoms with Crippen molar-refractivity contribution in [2.75, 3.05) is 6.54 Å². The number of nitrogens with one attached hydrogen (secondary N) is 3. The first-order valence-electron chi connectivity index (χ1n) is 16.7. The van der Waals surface area contributed by atoms with Crippen molar-refractivity contribution in [2.24, 2.45) is 11.7 Å². The van der Waals surface area contributed by atoms with Crippen molar-refractivity contribution in [1.29, 1.82) is 5.41 Å². The number of benzene rings is 2. The number of rotatable bonds is 11. The third kappa shape index (κ3) is 9.44. The van der Waals surface area contributed by atoms with Crippen molar-refractivity contribution in [3.8, 4) is 11.5 Å². The Kier molecular flexibility index (Phi) is 11.7. The van der Waals surface area contributed by atoms with Crippen LogP contribution in [0.1, 0.15) is 49.7 Å². The van der Waals surface area contributed by atoms with Gasteiger partial charge in [-0.05, 0) is 79.8 Å². The number of amides is 3. The van der Waals surface area contributed by atoms with E-state index in [1.54, 1.807) is 12.1 Å². The number of carbonyl (C=O) groups excluding carboxylic acids is 3. The van der Waals surface area contributed by atoms with Crippen LogP contribution in [-0.2, 0) is 37.6 Å². The fourth-order valence-corrected chi connectivity index (χ4v) is 7.64. The first kappa shape index (κ1) is 37.8. The molecule has 0 spiro atoms. The highest BCUT2D eigenvalue weighted by molar-refractivity contribution is 7.81. The van der Waals surface area contributed by atoms with Gasteiger partial charge in [0, 0.05) is 25.4 Å². The molecule has 2 aromatic rings. The Bertz CT molecular complexity index is 1690. The Morgan fingerprint density at radius 1 is 0.980 bits per heavy atom. The van der Waals surface area contributed by atoms with Crippen LogP contribution in [0.5, 0.6) is 11.5 Å². The highest BCUT2D eigenvalue weighted by Crippen LogP contribution is 2.40. The third-order valence-corrected chi connectivity index (χ3v) is 10.2. The van der Waals surface area contributed by atoms with E-state index in [1.165, 1.54) is 46.2 Å². The molecule has 10 N–H and O–H groups in total. The summed E-state index contributed by atoms with van der Waals surface area (Å²) in [6, 6.07) is 7.60. The molecular weight excluding hydrogens is 688 g/mol. The number of phenols is 1. The van der Waals surface area contributed by atoms with Gasteiger partial charge in [-0.15, -0.1) is 0 Å². The van der Waals surface area contributed by atoms with Crippen LogP contribution in [0, 0.1) is 11.3 Å². The minimum Gasteiger partial charge on any atom is -0.508 e. The molecule has 2 saturated heterocycles. The predicted octanol–water partition coefficient (Wildman–Crippen LogP) is -0.872. The molecule has 18 heteroatoms. The van der Waals surface area contributed by atoms with E-state index in [-0.39, 0.29) is 49.1 Å². The number of nitrogens with two attached hydrogens (primary N) is 1. The van der Waals surface area contributed by atoms with E-state index >= 15 is 0 Å². The first-order chi connectivity index (χ1) is 24.1. The lowest BCUT2D eigenvalue weighted by Gasteiger charge is -2.40. The quantitative estimate of drug-likeness (QED) is 0.0773. The molecule has 17 nitrogen and oxygen atoms in total. The fourth-order valence-electron chi connectivity index (χ4n) is 7.29. The Labute approximate surface area is 294 Å². The summed E-state index contributed by atoms with van der Waals surface area (Å²) in [6.07, 6.45) is -1.40. The molecule has 8 atom stereocenters. The van der Waals surface area contributed by atoms with E-state index in [0.717, 1.165) is 0 Å². The molecule has 3 fully saturated rings. The largest absolute Gasteiger partial charge is 0.508 e. The summed E-state index contributed by atoms with van der Waals surface area (Å²) >= 11 is 0. The molecule has 51 heavy (non-hydrogen) atoms. The molecule has 278 valence electrons. The lowest BCUT2D eigenvalue weighted by atomic mass is 9.83. The molecule has 2 aromatic carbocycles. The number of fused-ring (bicyclic) bond motifs is 1. The third-order valence-electron chi connectivity index (χ3n) is 9.78. The number of aromatic hydroxyl groups is 1. The highest BCUT2D eigenvalue weighted by Gasteiger charge is 2.51. The molecule has 2 aliphatic heterocycles. The monoisotopic (exact) mass is 732 g/mol. The number of hydrogen-bond acceptors (Lipinski definition) is 11. The number of hydrogen-bond donors (Lipinski definition) is 9. The van der Waals surface area contributed by atoms with Gasteiger partial charge in [0.25, 0.3) is 0 Å². The molecule has 0 unspecified atom stereocenters. The van der Waals surface area contributed by atoms with E-state index in [1.807, 2.05) is 0 Å². The Morgan fingerprint density at radius 2 is 1.63 bits per heavy atom. The van der Waals surface area contributed by atoms with Crippen LogP contribution in [0.25, 0.3) is 0 Å². The van der Waals surface area contributed by atoms with E-state index in [4.69, 9.17) is 15.7 Å². The van der Waals surface area contributed by atoms with Crippen LogP contribution in [0.2, 0.25) is 0 Å². The summed E-state index contributed by atoms with van der Waals surface area (Å²) in [4.78, 5) is 44.6. The number of aliphatic hydroxyl groups excluding tert-OH is 3. The lowest BCUT2D eigenvalue weighted by molar-refractivity contribution is -0.146. The highest BCUT2D eigenvalue weighted by atomic mass is 32.3. The van der Waals surface area contributed by atoms with Gasteiger partial charge < -0.3 is 50.8 Å². The lowest BCUT2D eigenvalue weighted by Crippen LogP contribution is -2.62. The van der Waals surface area contributed by atoms with E-state index < -0.39 is 70.7 Å². The average Bonchev–Trinajstić information content (AvgIpc) is 3.44. The molecule has 0 aromatic heterocycles. The number of piperidine rings is 1. The molecule has 5 rings (SSSR count). The van der Waals surface area contributed by atoms with Crippen molar-refractivity contribution in [3.05, 3.63) is 59.7 Å². The summed E-state index contributed by atoms with van der Waals surface area (Å²) in [5.74, 6) is -2.72. The second-order valence-electron chi connectivity index (χ2n) is 13.3. The van der Waals surface area contributed by atoms with Crippen molar-refractivity contribution in [1.82, 2.24) is 20.4 Å². The second-order valence-corrected chi connectivity index (χ2v) is 14.4. The normalized spacial score (nSPS) is 26.0. The smallest absolute Gasteiger partial charge is 0.446 e. The standard InChI is InChI=1S/C33H44N6O11S/c34-33(35)38-13-1-2-24(31(38)45)36-29(43)27-16-20-7-10-22(41)17-26(20)39(27)32(46)25(14-18-3-8-21(40)9-4-18)37-30(44)28(42)15-19-5-11-23(12-6-19)50-51(47,48)49/h3-6,8-9,11-12,20,22,24-28,31,40-42,45H,1-2,7,10,13-17H2,(H3,34,35)(H,36,43)(H,37,44)(H,47,48,49)/t20-,22+,24-,25+,26-,27-,28+,31-/m0/s1. The van der Waals surface area contributed by atoms with Gasteiger partial charge in [-0.3, -0.25) is 24.3 Å². The van der Waals surface area contributed by atoms with Gasteiger partial charge in [0.2, 0.25) is 17.7 Å². The number of aliphatic hydroxyl groups is 3. The van der Waals surface area contributed by atoms with E-state index in [0.29, 0.717) is 43.4 Å². The molecule has 1 aliphatic carbocycles. The van der Waals surface area contributed by atoms with Crippen LogP contribution in [0.15, 0.2) is 48.5 Å². The summed E-state index contributed by atoms with van der Waals surface area (Å²) in [6.45, 7) is 0.344. The van der Waals surface area contributed by atoms with Crippen molar-refractivity contribution in [3.63, 3.8) is 0 Å². The van der Waals surface area contributed by atoms with Gasteiger partial charge in [-0.25, -0.2) is 0 Å². The zero-order valence-electron chi connectivity index (χ0n) is 27.7. The van der Waals surface area contributed by atoms with E-state index in [2.05, 4.69) is 14.8 Å². The maximum Gasteiger partial charge on any atom is 0.446 e. The van der Waals surface area contributed by atoms with Crippen LogP contribution in [0.3, 0.4) is 0 Å². The van der Waals surface area contributed by atoms with Gasteiger partial charge >= 0.3 is 10.4 Å². The number of phenolic OH excluding ortho intramolecular Hbond substituents is 1.